The van der Waals surface area contributed by atoms with Gasteiger partial charge in [-0.25, -0.2) is 9.18 Å². The molecule has 130 valence electrons. The lowest BCUT2D eigenvalue weighted by Gasteiger charge is -2.26. The Hall–Kier alpha value is -1.53. The van der Waals surface area contributed by atoms with Crippen LogP contribution in [0.15, 0.2) is 18.2 Å². The van der Waals surface area contributed by atoms with E-state index in [0.29, 0.717) is 12.1 Å². The maximum Gasteiger partial charge on any atom is 0.432 e. The molecule has 0 aliphatic rings. The molecule has 0 saturated heterocycles. The first kappa shape index (κ1) is 19.5. The van der Waals surface area contributed by atoms with Gasteiger partial charge in [-0.15, -0.1) is 0 Å². The molecule has 1 aromatic carbocycles. The zero-order valence-electron chi connectivity index (χ0n) is 10.4. The van der Waals surface area contributed by atoms with Crippen LogP contribution < -0.4 is 0 Å². The standard InChI is InChI=1S/C10H5ClF6O5S/c11-6-4(2-1-3-5(6)12)7(18)22-8(9(13,14)15)10(16,17)23(19,20)21/h1-3,8H,(H,19,20,21). The van der Waals surface area contributed by atoms with Crippen LogP contribution in [0.3, 0.4) is 0 Å². The molecule has 0 bridgehead atoms. The number of halogens is 7. The molecule has 0 heterocycles. The number of hydrogen-bond acceptors (Lipinski definition) is 4. The summed E-state index contributed by atoms with van der Waals surface area (Å²) in [6.07, 6.45) is -10.6. The van der Waals surface area contributed by atoms with Crippen LogP contribution in [0.25, 0.3) is 0 Å². The van der Waals surface area contributed by atoms with E-state index in [1.54, 1.807) is 0 Å². The molecule has 1 N–H and O–H groups in total. The van der Waals surface area contributed by atoms with Gasteiger partial charge in [-0.05, 0) is 12.1 Å². The van der Waals surface area contributed by atoms with Crippen molar-refractivity contribution in [3.63, 3.8) is 0 Å². The second-order valence-electron chi connectivity index (χ2n) is 3.97. The van der Waals surface area contributed by atoms with Crippen LogP contribution >= 0.6 is 11.6 Å². The molecule has 0 amide bonds. The largest absolute Gasteiger partial charge is 0.441 e. The minimum atomic E-state index is -6.57. The Morgan fingerprint density at radius 2 is 1.74 bits per heavy atom. The highest BCUT2D eigenvalue weighted by atomic mass is 35.5. The molecule has 0 radical (unpaired) electrons. The first-order valence-electron chi connectivity index (χ1n) is 5.26. The van der Waals surface area contributed by atoms with E-state index in [0.717, 1.165) is 6.07 Å². The van der Waals surface area contributed by atoms with E-state index >= 15 is 0 Å². The van der Waals surface area contributed by atoms with E-state index in [9.17, 15) is 39.6 Å². The molecule has 1 rings (SSSR count). The molecule has 1 atom stereocenters. The first-order valence-corrected chi connectivity index (χ1v) is 7.08. The second-order valence-corrected chi connectivity index (χ2v) is 5.84. The van der Waals surface area contributed by atoms with Crippen molar-refractivity contribution in [2.24, 2.45) is 0 Å². The van der Waals surface area contributed by atoms with Crippen LogP contribution in [0, 0.1) is 5.82 Å². The topological polar surface area (TPSA) is 80.7 Å². The van der Waals surface area contributed by atoms with Crippen molar-refractivity contribution in [1.82, 2.24) is 0 Å². The van der Waals surface area contributed by atoms with Gasteiger partial charge in [0.1, 0.15) is 5.82 Å². The van der Waals surface area contributed by atoms with E-state index in [-0.39, 0.29) is 0 Å². The Kier molecular flexibility index (Phi) is 5.23. The normalized spacial score (nSPS) is 14.4. The van der Waals surface area contributed by atoms with Crippen molar-refractivity contribution in [3.8, 4) is 0 Å². The van der Waals surface area contributed by atoms with Gasteiger partial charge < -0.3 is 4.74 Å². The van der Waals surface area contributed by atoms with E-state index in [1.807, 2.05) is 0 Å². The lowest BCUT2D eigenvalue weighted by Crippen LogP contribution is -2.52. The van der Waals surface area contributed by atoms with E-state index in [2.05, 4.69) is 4.74 Å². The number of carbonyl (C=O) groups excluding carboxylic acids is 1. The van der Waals surface area contributed by atoms with E-state index in [4.69, 9.17) is 16.2 Å². The fourth-order valence-corrected chi connectivity index (χ4v) is 1.95. The summed E-state index contributed by atoms with van der Waals surface area (Å²) in [5.41, 5.74) is -1.05. The average molecular weight is 387 g/mol. The summed E-state index contributed by atoms with van der Waals surface area (Å²) in [6, 6.07) is 2.20. The average Bonchev–Trinajstić information content (AvgIpc) is 2.36. The maximum absolute atomic E-state index is 13.2. The Morgan fingerprint density at radius 1 is 1.22 bits per heavy atom. The SMILES string of the molecule is O=C(OC(C(F)(F)F)C(F)(F)S(=O)(=O)O)c1cccc(F)c1Cl. The van der Waals surface area contributed by atoms with Crippen molar-refractivity contribution in [3.05, 3.63) is 34.6 Å². The van der Waals surface area contributed by atoms with Gasteiger partial charge in [-0.3, -0.25) is 4.55 Å². The summed E-state index contributed by atoms with van der Waals surface area (Å²) >= 11 is 5.28. The predicted molar refractivity (Wildman–Crippen MR) is 63.2 cm³/mol. The summed E-state index contributed by atoms with van der Waals surface area (Å²) in [6.45, 7) is 0. The monoisotopic (exact) mass is 386 g/mol. The Morgan fingerprint density at radius 3 is 2.17 bits per heavy atom. The van der Waals surface area contributed by atoms with Crippen LogP contribution in [0.5, 0.6) is 0 Å². The number of esters is 1. The first-order chi connectivity index (χ1) is 10.2. The molecule has 23 heavy (non-hydrogen) atoms. The summed E-state index contributed by atoms with van der Waals surface area (Å²) in [5.74, 6) is -3.42. The third-order valence-corrected chi connectivity index (χ3v) is 3.63. The predicted octanol–water partition coefficient (Wildman–Crippen LogP) is 3.05. The van der Waals surface area contributed by atoms with Gasteiger partial charge in [0.15, 0.2) is 0 Å². The highest BCUT2D eigenvalue weighted by molar-refractivity contribution is 7.86. The number of ether oxygens (including phenoxy) is 1. The molecule has 0 aromatic heterocycles. The van der Waals surface area contributed by atoms with Gasteiger partial charge in [-0.2, -0.15) is 30.4 Å². The van der Waals surface area contributed by atoms with Gasteiger partial charge in [-0.1, -0.05) is 17.7 Å². The fraction of sp³-hybridized carbons (Fsp3) is 0.300. The van der Waals surface area contributed by atoms with Gasteiger partial charge in [0, 0.05) is 0 Å². The van der Waals surface area contributed by atoms with Crippen molar-refractivity contribution in [2.45, 2.75) is 17.5 Å². The van der Waals surface area contributed by atoms with Crippen molar-refractivity contribution in [1.29, 1.82) is 0 Å². The summed E-state index contributed by atoms with van der Waals surface area (Å²) in [4.78, 5) is 11.5. The zero-order valence-corrected chi connectivity index (χ0v) is 12.0. The Balaban J connectivity index is 3.28. The summed E-state index contributed by atoms with van der Waals surface area (Å²) in [5, 5.41) is -6.91. The molecule has 0 spiro atoms. The van der Waals surface area contributed by atoms with Crippen LogP contribution in [-0.4, -0.2) is 36.5 Å². The number of benzene rings is 1. The van der Waals surface area contributed by atoms with Crippen molar-refractivity contribution >= 4 is 27.7 Å². The van der Waals surface area contributed by atoms with Crippen LogP contribution in [0.2, 0.25) is 5.02 Å². The number of alkyl halides is 5. The molecule has 5 nitrogen and oxygen atoms in total. The van der Waals surface area contributed by atoms with Gasteiger partial charge in [0.2, 0.25) is 0 Å². The maximum atomic E-state index is 13.2. The fourth-order valence-electron chi connectivity index (χ4n) is 1.29. The molecule has 0 saturated carbocycles. The molecule has 0 aliphatic heterocycles. The lowest BCUT2D eigenvalue weighted by molar-refractivity contribution is -0.248. The zero-order chi connectivity index (χ0) is 18.2. The number of carbonyl (C=O) groups is 1. The number of rotatable bonds is 4. The van der Waals surface area contributed by atoms with E-state index < -0.39 is 50.0 Å². The van der Waals surface area contributed by atoms with Gasteiger partial charge in [0.05, 0.1) is 10.6 Å². The van der Waals surface area contributed by atoms with Crippen LogP contribution in [-0.2, 0) is 14.9 Å². The molecule has 1 aromatic rings. The van der Waals surface area contributed by atoms with E-state index in [1.165, 1.54) is 0 Å². The summed E-state index contributed by atoms with van der Waals surface area (Å²) in [7, 11) is -6.57. The minimum Gasteiger partial charge on any atom is -0.441 e. The van der Waals surface area contributed by atoms with Crippen LogP contribution in [0.1, 0.15) is 10.4 Å². The third-order valence-electron chi connectivity index (χ3n) is 2.34. The minimum absolute atomic E-state index is 0.659. The highest BCUT2D eigenvalue weighted by Crippen LogP contribution is 2.38. The van der Waals surface area contributed by atoms with Crippen molar-refractivity contribution < 1.29 is 48.8 Å². The lowest BCUT2D eigenvalue weighted by atomic mass is 10.2. The Labute approximate surface area is 129 Å². The number of hydrogen-bond donors (Lipinski definition) is 1. The quantitative estimate of drug-likeness (QED) is 0.489. The molecular formula is C10H5ClF6O5S. The Bertz CT molecular complexity index is 717. The van der Waals surface area contributed by atoms with Gasteiger partial charge in [0.25, 0.3) is 6.10 Å². The second kappa shape index (κ2) is 6.17. The molecule has 0 fully saturated rings. The smallest absolute Gasteiger partial charge is 0.432 e. The third kappa shape index (κ3) is 4.06. The molecule has 1 unspecified atom stereocenters. The highest BCUT2D eigenvalue weighted by Gasteiger charge is 2.66. The molecule has 0 aliphatic carbocycles. The summed E-state index contributed by atoms with van der Waals surface area (Å²) < 4.78 is 110. The molecule has 13 heteroatoms. The molecular weight excluding hydrogens is 382 g/mol. The van der Waals surface area contributed by atoms with Crippen LogP contribution in [0.4, 0.5) is 26.3 Å². The van der Waals surface area contributed by atoms with Gasteiger partial charge >= 0.3 is 27.5 Å². The van der Waals surface area contributed by atoms with Crippen molar-refractivity contribution in [2.75, 3.05) is 0 Å².